The number of fused-ring (bicyclic) bond motifs is 1. The molecule has 3 rings (SSSR count). The number of hydrogen-bond acceptors (Lipinski definition) is 3. The minimum atomic E-state index is -1.68. The van der Waals surface area contributed by atoms with Gasteiger partial charge in [0, 0.05) is 12.3 Å². The smallest absolute Gasteiger partial charge is 0.278 e. The Morgan fingerprint density at radius 3 is 2.60 bits per heavy atom. The van der Waals surface area contributed by atoms with Crippen molar-refractivity contribution < 1.29 is 22.9 Å². The van der Waals surface area contributed by atoms with Crippen LogP contribution in [0.3, 0.4) is 0 Å². The van der Waals surface area contributed by atoms with Crippen LogP contribution in [0.2, 0.25) is 0 Å². The number of nitrogens with zero attached hydrogens (tertiary/aromatic N) is 2. The number of nitro groups is 1. The zero-order valence-electron chi connectivity index (χ0n) is 12.5. The Balaban J connectivity index is 1.85. The number of hydrogen-bond donors (Lipinski definition) is 1. The van der Waals surface area contributed by atoms with Crippen LogP contribution in [-0.2, 0) is 11.3 Å². The summed E-state index contributed by atoms with van der Waals surface area (Å²) >= 11 is 0. The molecule has 1 amide bonds. The SMILES string of the molecule is O=C(Cn1ccc2c([N+](=O)[O-])cccc21)Nc1ccc(F)c(F)c1F. The van der Waals surface area contributed by atoms with Crippen LogP contribution in [0, 0.1) is 27.6 Å². The Hall–Kier alpha value is -3.36. The number of carbonyl (C=O) groups is 1. The molecule has 6 nitrogen and oxygen atoms in total. The first-order valence-electron chi connectivity index (χ1n) is 7.04. The summed E-state index contributed by atoms with van der Waals surface area (Å²) in [4.78, 5) is 22.5. The lowest BCUT2D eigenvalue weighted by Gasteiger charge is -2.09. The highest BCUT2D eigenvalue weighted by atomic mass is 19.2. The second-order valence-electron chi connectivity index (χ2n) is 5.18. The van der Waals surface area contributed by atoms with E-state index in [-0.39, 0.29) is 12.2 Å². The second kappa shape index (κ2) is 6.27. The highest BCUT2D eigenvalue weighted by molar-refractivity contribution is 5.94. The van der Waals surface area contributed by atoms with Crippen molar-refractivity contribution in [2.24, 2.45) is 0 Å². The van der Waals surface area contributed by atoms with Gasteiger partial charge in [0.25, 0.3) is 5.69 Å². The van der Waals surface area contributed by atoms with Crippen molar-refractivity contribution >= 4 is 28.2 Å². The Labute approximate surface area is 138 Å². The third-order valence-electron chi connectivity index (χ3n) is 3.61. The molecule has 1 heterocycles. The first-order chi connectivity index (χ1) is 11.9. The van der Waals surface area contributed by atoms with E-state index in [4.69, 9.17) is 0 Å². The minimum absolute atomic E-state index is 0.108. The Morgan fingerprint density at radius 2 is 1.88 bits per heavy atom. The van der Waals surface area contributed by atoms with Crippen molar-refractivity contribution in [3.05, 3.63) is 70.2 Å². The first-order valence-corrected chi connectivity index (χ1v) is 7.04. The van der Waals surface area contributed by atoms with Crippen LogP contribution in [0.25, 0.3) is 10.9 Å². The molecule has 0 saturated heterocycles. The zero-order chi connectivity index (χ0) is 18.1. The Kier molecular flexibility index (Phi) is 4.14. The fourth-order valence-corrected chi connectivity index (χ4v) is 2.47. The van der Waals surface area contributed by atoms with Gasteiger partial charge in [0.05, 0.1) is 21.5 Å². The van der Waals surface area contributed by atoms with Gasteiger partial charge in [-0.25, -0.2) is 13.2 Å². The molecule has 1 N–H and O–H groups in total. The normalized spacial score (nSPS) is 10.8. The Morgan fingerprint density at radius 1 is 1.12 bits per heavy atom. The molecule has 0 aliphatic heterocycles. The number of anilines is 1. The van der Waals surface area contributed by atoms with Crippen LogP contribution in [0.5, 0.6) is 0 Å². The zero-order valence-corrected chi connectivity index (χ0v) is 12.5. The Bertz CT molecular complexity index is 1000. The van der Waals surface area contributed by atoms with Gasteiger partial charge in [-0.3, -0.25) is 14.9 Å². The highest BCUT2D eigenvalue weighted by Crippen LogP contribution is 2.26. The lowest BCUT2D eigenvalue weighted by Crippen LogP contribution is -2.19. The number of nitro benzene ring substituents is 1. The largest absolute Gasteiger partial charge is 0.338 e. The summed E-state index contributed by atoms with van der Waals surface area (Å²) in [5.74, 6) is -5.24. The van der Waals surface area contributed by atoms with Crippen LogP contribution < -0.4 is 5.32 Å². The van der Waals surface area contributed by atoms with Crippen molar-refractivity contribution in [1.82, 2.24) is 4.57 Å². The van der Waals surface area contributed by atoms with Gasteiger partial charge >= 0.3 is 0 Å². The number of carbonyl (C=O) groups excluding carboxylic acids is 1. The second-order valence-corrected chi connectivity index (χ2v) is 5.18. The third-order valence-corrected chi connectivity index (χ3v) is 3.61. The summed E-state index contributed by atoms with van der Waals surface area (Å²) in [6.07, 6.45) is 1.47. The van der Waals surface area contributed by atoms with Crippen LogP contribution >= 0.6 is 0 Å². The minimum Gasteiger partial charge on any atom is -0.338 e. The van der Waals surface area contributed by atoms with Gasteiger partial charge < -0.3 is 9.88 Å². The van der Waals surface area contributed by atoms with E-state index in [1.165, 1.54) is 29.0 Å². The number of rotatable bonds is 4. The molecule has 0 fully saturated rings. The van der Waals surface area contributed by atoms with Crippen LogP contribution in [0.15, 0.2) is 42.6 Å². The molecule has 0 radical (unpaired) electrons. The van der Waals surface area contributed by atoms with Crippen molar-refractivity contribution in [1.29, 1.82) is 0 Å². The topological polar surface area (TPSA) is 77.2 Å². The monoisotopic (exact) mass is 349 g/mol. The van der Waals surface area contributed by atoms with E-state index in [1.54, 1.807) is 6.07 Å². The molecular weight excluding hydrogens is 339 g/mol. The molecule has 3 aromatic rings. The van der Waals surface area contributed by atoms with Gasteiger partial charge in [-0.2, -0.15) is 0 Å². The summed E-state index contributed by atoms with van der Waals surface area (Å²) in [5.41, 5.74) is -0.162. The van der Waals surface area contributed by atoms with Crippen LogP contribution in [0.4, 0.5) is 24.5 Å². The molecule has 0 atom stereocenters. The predicted molar refractivity (Wildman–Crippen MR) is 83.5 cm³/mol. The van der Waals surface area contributed by atoms with Crippen molar-refractivity contribution in [3.63, 3.8) is 0 Å². The number of halogens is 3. The predicted octanol–water partition coefficient (Wildman–Crippen LogP) is 3.61. The van der Waals surface area contributed by atoms with Gasteiger partial charge in [0.1, 0.15) is 6.54 Å². The molecule has 0 saturated carbocycles. The molecule has 0 spiro atoms. The maximum atomic E-state index is 13.6. The molecule has 2 aromatic carbocycles. The average Bonchev–Trinajstić information content (AvgIpc) is 2.98. The van der Waals surface area contributed by atoms with Crippen LogP contribution in [0.1, 0.15) is 0 Å². The molecule has 0 bridgehead atoms. The molecule has 0 aliphatic carbocycles. The number of nitrogens with one attached hydrogen (secondary N) is 1. The fourth-order valence-electron chi connectivity index (χ4n) is 2.47. The standard InChI is InChI=1S/C16H10F3N3O3/c17-10-4-5-11(16(19)15(10)18)20-14(23)8-21-7-6-9-12(21)2-1-3-13(9)22(24)25/h1-7H,8H2,(H,20,23). The molecule has 9 heteroatoms. The van der Waals surface area contributed by atoms with E-state index in [9.17, 15) is 28.1 Å². The molecule has 1 aromatic heterocycles. The molecule has 25 heavy (non-hydrogen) atoms. The van der Waals surface area contributed by atoms with Crippen molar-refractivity contribution in [2.45, 2.75) is 6.54 Å². The lowest BCUT2D eigenvalue weighted by atomic mass is 10.2. The number of benzene rings is 2. The van der Waals surface area contributed by atoms with Gasteiger partial charge in [-0.15, -0.1) is 0 Å². The third kappa shape index (κ3) is 3.03. The molecular formula is C16H10F3N3O3. The quantitative estimate of drug-likeness (QED) is 0.444. The van der Waals surface area contributed by atoms with E-state index < -0.39 is 34.0 Å². The summed E-state index contributed by atoms with van der Waals surface area (Å²) in [7, 11) is 0. The summed E-state index contributed by atoms with van der Waals surface area (Å²) < 4.78 is 41.1. The maximum absolute atomic E-state index is 13.6. The van der Waals surface area contributed by atoms with Gasteiger partial charge in [0.15, 0.2) is 17.5 Å². The summed E-state index contributed by atoms with van der Waals surface area (Å²) in [6, 6.07) is 7.49. The lowest BCUT2D eigenvalue weighted by molar-refractivity contribution is -0.383. The van der Waals surface area contributed by atoms with E-state index in [2.05, 4.69) is 5.32 Å². The maximum Gasteiger partial charge on any atom is 0.278 e. The highest BCUT2D eigenvalue weighted by Gasteiger charge is 2.17. The summed E-state index contributed by atoms with van der Waals surface area (Å²) in [5, 5.41) is 13.5. The van der Waals surface area contributed by atoms with E-state index in [0.717, 1.165) is 6.07 Å². The van der Waals surface area contributed by atoms with E-state index in [1.807, 2.05) is 0 Å². The number of aromatic nitrogens is 1. The fraction of sp³-hybridized carbons (Fsp3) is 0.0625. The van der Waals surface area contributed by atoms with Crippen molar-refractivity contribution in [2.75, 3.05) is 5.32 Å². The molecule has 128 valence electrons. The van der Waals surface area contributed by atoms with E-state index in [0.29, 0.717) is 17.0 Å². The van der Waals surface area contributed by atoms with E-state index >= 15 is 0 Å². The first kappa shape index (κ1) is 16.5. The summed E-state index contributed by atoms with van der Waals surface area (Å²) in [6.45, 7) is -0.289. The molecule has 0 aliphatic rings. The van der Waals surface area contributed by atoms with Gasteiger partial charge in [0.2, 0.25) is 5.91 Å². The van der Waals surface area contributed by atoms with Gasteiger partial charge in [-0.1, -0.05) is 6.07 Å². The van der Waals surface area contributed by atoms with Crippen molar-refractivity contribution in [3.8, 4) is 0 Å². The molecule has 0 unspecified atom stereocenters. The van der Waals surface area contributed by atoms with Gasteiger partial charge in [-0.05, 0) is 24.3 Å². The number of non-ortho nitro benzene ring substituents is 1. The average molecular weight is 349 g/mol. The van der Waals surface area contributed by atoms with Crippen LogP contribution in [-0.4, -0.2) is 15.4 Å². The number of amides is 1.